The van der Waals surface area contributed by atoms with Crippen molar-refractivity contribution in [2.24, 2.45) is 0 Å². The van der Waals surface area contributed by atoms with Gasteiger partial charge in [-0.25, -0.2) is 9.78 Å². The molecule has 1 unspecified atom stereocenters. The highest BCUT2D eigenvalue weighted by Gasteiger charge is 2.13. The Balaban J connectivity index is 2.47. The molecule has 0 aliphatic rings. The SMILES string of the molecule is CSC(C)Cn1cnc2c(C(=O)O)cccc21. The summed E-state index contributed by atoms with van der Waals surface area (Å²) in [5.74, 6) is -0.932. The molecule has 0 aliphatic carbocycles. The molecular formula is C12H14N2O2S. The number of imidazole rings is 1. The van der Waals surface area contributed by atoms with Crippen LogP contribution in [0.1, 0.15) is 17.3 Å². The van der Waals surface area contributed by atoms with Gasteiger partial charge in [-0.3, -0.25) is 0 Å². The molecular weight excluding hydrogens is 236 g/mol. The average molecular weight is 250 g/mol. The lowest BCUT2D eigenvalue weighted by Gasteiger charge is -2.09. The van der Waals surface area contributed by atoms with Gasteiger partial charge in [0.05, 0.1) is 17.4 Å². The van der Waals surface area contributed by atoms with Crippen molar-refractivity contribution in [3.05, 3.63) is 30.1 Å². The maximum atomic E-state index is 11.0. The molecule has 90 valence electrons. The number of thioether (sulfide) groups is 1. The molecule has 5 heteroatoms. The van der Waals surface area contributed by atoms with Gasteiger partial charge in [0.15, 0.2) is 0 Å². The fraction of sp³-hybridized carbons (Fsp3) is 0.333. The van der Waals surface area contributed by atoms with E-state index in [0.29, 0.717) is 10.8 Å². The monoisotopic (exact) mass is 250 g/mol. The van der Waals surface area contributed by atoms with Crippen LogP contribution >= 0.6 is 11.8 Å². The standard InChI is InChI=1S/C12H14N2O2S/c1-8(17-2)6-14-7-13-11-9(12(15)16)4-3-5-10(11)14/h3-5,7-8H,6H2,1-2H3,(H,15,16). The zero-order chi connectivity index (χ0) is 12.4. The number of aromatic carboxylic acids is 1. The fourth-order valence-corrected chi connectivity index (χ4v) is 2.07. The van der Waals surface area contributed by atoms with Gasteiger partial charge in [-0.15, -0.1) is 0 Å². The Bertz CT molecular complexity index is 550. The first-order valence-corrected chi connectivity index (χ1v) is 6.62. The molecule has 1 N–H and O–H groups in total. The predicted molar refractivity (Wildman–Crippen MR) is 69.7 cm³/mol. The highest BCUT2D eigenvalue weighted by molar-refractivity contribution is 7.99. The summed E-state index contributed by atoms with van der Waals surface area (Å²) in [6, 6.07) is 5.25. The van der Waals surface area contributed by atoms with Crippen LogP contribution in [-0.2, 0) is 6.54 Å². The summed E-state index contributed by atoms with van der Waals surface area (Å²) < 4.78 is 2.00. The van der Waals surface area contributed by atoms with Gasteiger partial charge in [0.25, 0.3) is 0 Å². The summed E-state index contributed by atoms with van der Waals surface area (Å²) in [5.41, 5.74) is 1.71. The van der Waals surface area contributed by atoms with Crippen LogP contribution in [0, 0.1) is 0 Å². The van der Waals surface area contributed by atoms with Crippen LogP contribution in [0.5, 0.6) is 0 Å². The Morgan fingerprint density at radius 3 is 3.00 bits per heavy atom. The van der Waals surface area contributed by atoms with E-state index in [0.717, 1.165) is 12.1 Å². The van der Waals surface area contributed by atoms with E-state index in [1.807, 2.05) is 10.6 Å². The number of carbonyl (C=O) groups is 1. The Labute approximate surface area is 104 Å². The maximum Gasteiger partial charge on any atom is 0.337 e. The molecule has 1 aromatic carbocycles. The van der Waals surface area contributed by atoms with Crippen LogP contribution in [0.25, 0.3) is 11.0 Å². The smallest absolute Gasteiger partial charge is 0.337 e. The number of nitrogens with zero attached hydrogens (tertiary/aromatic N) is 2. The highest BCUT2D eigenvalue weighted by atomic mass is 32.2. The lowest BCUT2D eigenvalue weighted by Crippen LogP contribution is -2.07. The van der Waals surface area contributed by atoms with E-state index in [1.165, 1.54) is 0 Å². The minimum absolute atomic E-state index is 0.262. The van der Waals surface area contributed by atoms with Crippen LogP contribution in [0.15, 0.2) is 24.5 Å². The molecule has 0 saturated carbocycles. The number of carboxylic acid groups (broad SMARTS) is 1. The molecule has 0 spiro atoms. The highest BCUT2D eigenvalue weighted by Crippen LogP contribution is 2.19. The van der Waals surface area contributed by atoms with Crippen molar-refractivity contribution in [2.75, 3.05) is 6.26 Å². The summed E-state index contributed by atoms with van der Waals surface area (Å²) >= 11 is 1.78. The van der Waals surface area contributed by atoms with E-state index in [-0.39, 0.29) is 5.56 Å². The van der Waals surface area contributed by atoms with E-state index in [9.17, 15) is 4.79 Å². The van der Waals surface area contributed by atoms with E-state index in [1.54, 1.807) is 30.2 Å². The number of rotatable bonds is 4. The van der Waals surface area contributed by atoms with Crippen molar-refractivity contribution < 1.29 is 9.90 Å². The molecule has 0 fully saturated rings. The largest absolute Gasteiger partial charge is 0.478 e. The third kappa shape index (κ3) is 2.29. The summed E-state index contributed by atoms with van der Waals surface area (Å²) in [5, 5.41) is 9.54. The Kier molecular flexibility index (Phi) is 3.38. The van der Waals surface area contributed by atoms with Crippen molar-refractivity contribution in [2.45, 2.75) is 18.7 Å². The van der Waals surface area contributed by atoms with E-state index in [2.05, 4.69) is 18.2 Å². The Hall–Kier alpha value is -1.49. The van der Waals surface area contributed by atoms with Crippen LogP contribution in [0.4, 0.5) is 0 Å². The topological polar surface area (TPSA) is 55.1 Å². The average Bonchev–Trinajstić information content (AvgIpc) is 2.72. The normalized spacial score (nSPS) is 12.8. The molecule has 2 aromatic rings. The quantitative estimate of drug-likeness (QED) is 0.905. The minimum Gasteiger partial charge on any atom is -0.478 e. The summed E-state index contributed by atoms with van der Waals surface area (Å²) in [4.78, 5) is 15.2. The third-order valence-electron chi connectivity index (χ3n) is 2.74. The number of hydrogen-bond donors (Lipinski definition) is 1. The molecule has 0 radical (unpaired) electrons. The zero-order valence-electron chi connectivity index (χ0n) is 9.75. The molecule has 0 saturated heterocycles. The summed E-state index contributed by atoms with van der Waals surface area (Å²) in [6.45, 7) is 2.97. The maximum absolute atomic E-state index is 11.0. The Morgan fingerprint density at radius 1 is 1.59 bits per heavy atom. The predicted octanol–water partition coefficient (Wildman–Crippen LogP) is 2.49. The van der Waals surface area contributed by atoms with Gasteiger partial charge in [-0.2, -0.15) is 11.8 Å². The van der Waals surface area contributed by atoms with E-state index in [4.69, 9.17) is 5.11 Å². The van der Waals surface area contributed by atoms with Crippen molar-refractivity contribution in [1.82, 2.24) is 9.55 Å². The second-order valence-electron chi connectivity index (χ2n) is 3.92. The first-order valence-electron chi connectivity index (χ1n) is 5.33. The van der Waals surface area contributed by atoms with E-state index < -0.39 is 5.97 Å². The van der Waals surface area contributed by atoms with Crippen molar-refractivity contribution in [3.63, 3.8) is 0 Å². The van der Waals surface area contributed by atoms with Gasteiger partial charge < -0.3 is 9.67 Å². The van der Waals surface area contributed by atoms with E-state index >= 15 is 0 Å². The fourth-order valence-electron chi connectivity index (χ4n) is 1.76. The number of carboxylic acids is 1. The zero-order valence-corrected chi connectivity index (χ0v) is 10.6. The number of hydrogen-bond acceptors (Lipinski definition) is 3. The summed E-state index contributed by atoms with van der Waals surface area (Å²) in [7, 11) is 0. The van der Waals surface area contributed by atoms with Gasteiger partial charge >= 0.3 is 5.97 Å². The van der Waals surface area contributed by atoms with Gasteiger partial charge in [0.2, 0.25) is 0 Å². The summed E-state index contributed by atoms with van der Waals surface area (Å²) in [6.07, 6.45) is 3.77. The van der Waals surface area contributed by atoms with Gasteiger partial charge in [0, 0.05) is 11.8 Å². The number of benzene rings is 1. The molecule has 0 bridgehead atoms. The second-order valence-corrected chi connectivity index (χ2v) is 5.20. The molecule has 1 heterocycles. The molecule has 1 atom stereocenters. The van der Waals surface area contributed by atoms with Gasteiger partial charge in [-0.1, -0.05) is 13.0 Å². The van der Waals surface area contributed by atoms with Crippen LogP contribution in [0.3, 0.4) is 0 Å². The van der Waals surface area contributed by atoms with Crippen LogP contribution < -0.4 is 0 Å². The molecule has 1 aromatic heterocycles. The molecule has 4 nitrogen and oxygen atoms in total. The van der Waals surface area contributed by atoms with Gasteiger partial charge in [-0.05, 0) is 18.4 Å². The second kappa shape index (κ2) is 4.79. The van der Waals surface area contributed by atoms with Crippen molar-refractivity contribution >= 4 is 28.8 Å². The Morgan fingerprint density at radius 2 is 2.35 bits per heavy atom. The first-order chi connectivity index (χ1) is 8.13. The van der Waals surface area contributed by atoms with Crippen LogP contribution in [-0.4, -0.2) is 32.1 Å². The first kappa shape index (κ1) is 12.0. The molecule has 17 heavy (non-hydrogen) atoms. The lowest BCUT2D eigenvalue weighted by molar-refractivity contribution is 0.0699. The molecule has 0 aliphatic heterocycles. The molecule has 0 amide bonds. The molecule has 2 rings (SSSR count). The van der Waals surface area contributed by atoms with Crippen LogP contribution in [0.2, 0.25) is 0 Å². The van der Waals surface area contributed by atoms with Crippen molar-refractivity contribution in [1.29, 1.82) is 0 Å². The van der Waals surface area contributed by atoms with Crippen molar-refractivity contribution in [3.8, 4) is 0 Å². The lowest BCUT2D eigenvalue weighted by atomic mass is 10.2. The van der Waals surface area contributed by atoms with Gasteiger partial charge in [0.1, 0.15) is 5.52 Å². The third-order valence-corrected chi connectivity index (χ3v) is 3.69. The minimum atomic E-state index is -0.932. The number of para-hydroxylation sites is 1. The number of aromatic nitrogens is 2. The number of fused-ring (bicyclic) bond motifs is 1.